The Morgan fingerprint density at radius 2 is 2.12 bits per heavy atom. The summed E-state index contributed by atoms with van der Waals surface area (Å²) in [5.41, 5.74) is -0.0462. The van der Waals surface area contributed by atoms with E-state index in [1.165, 1.54) is 6.07 Å². The number of halogens is 1. The monoisotopic (exact) mass is 220 g/mol. The number of rotatable bonds is 2. The van der Waals surface area contributed by atoms with Crippen molar-refractivity contribution in [2.24, 2.45) is 0 Å². The van der Waals surface area contributed by atoms with Crippen LogP contribution in [0.15, 0.2) is 35.1 Å². The smallest absolute Gasteiger partial charge is 0.254 e. The van der Waals surface area contributed by atoms with E-state index < -0.39 is 5.56 Å². The maximum atomic E-state index is 13.3. The summed E-state index contributed by atoms with van der Waals surface area (Å²) in [6.45, 7) is 0. The van der Waals surface area contributed by atoms with E-state index in [0.29, 0.717) is 5.56 Å². The van der Waals surface area contributed by atoms with Gasteiger partial charge in [-0.05, 0) is 11.6 Å². The summed E-state index contributed by atoms with van der Waals surface area (Å²) in [5, 5.41) is 9.12. The minimum Gasteiger partial charge on any atom is -0.493 e. The van der Waals surface area contributed by atoms with Gasteiger partial charge in [0.25, 0.3) is 5.56 Å². The quantitative estimate of drug-likeness (QED) is 0.799. The van der Waals surface area contributed by atoms with Crippen molar-refractivity contribution in [1.82, 2.24) is 9.97 Å². The molecule has 1 aromatic carbocycles. The van der Waals surface area contributed by atoms with Crippen molar-refractivity contribution >= 4 is 0 Å². The van der Waals surface area contributed by atoms with Gasteiger partial charge in [0.2, 0.25) is 5.88 Å². The molecule has 1 aromatic heterocycles. The molecule has 82 valence electrons. The van der Waals surface area contributed by atoms with Crippen molar-refractivity contribution in [3.05, 3.63) is 57.9 Å². The highest BCUT2D eigenvalue weighted by molar-refractivity contribution is 5.21. The van der Waals surface area contributed by atoms with Gasteiger partial charge >= 0.3 is 0 Å². The molecule has 0 aliphatic rings. The van der Waals surface area contributed by atoms with Gasteiger partial charge in [0.1, 0.15) is 11.6 Å². The first kappa shape index (κ1) is 10.4. The van der Waals surface area contributed by atoms with Crippen molar-refractivity contribution in [2.45, 2.75) is 6.42 Å². The molecule has 0 bridgehead atoms. The van der Waals surface area contributed by atoms with Crippen LogP contribution >= 0.6 is 0 Å². The van der Waals surface area contributed by atoms with Crippen LogP contribution in [0.4, 0.5) is 4.39 Å². The van der Waals surface area contributed by atoms with Crippen molar-refractivity contribution in [1.29, 1.82) is 0 Å². The molecule has 1 heterocycles. The predicted octanol–water partition coefficient (Wildman–Crippen LogP) is 1.21. The van der Waals surface area contributed by atoms with Gasteiger partial charge in [0.05, 0.1) is 6.07 Å². The van der Waals surface area contributed by atoms with Crippen LogP contribution in [0, 0.1) is 5.82 Å². The Morgan fingerprint density at radius 1 is 1.38 bits per heavy atom. The fraction of sp³-hybridized carbons (Fsp3) is 0.0909. The molecule has 0 atom stereocenters. The maximum absolute atomic E-state index is 13.3. The van der Waals surface area contributed by atoms with Gasteiger partial charge in [-0.2, -0.15) is 4.98 Å². The highest BCUT2D eigenvalue weighted by atomic mass is 19.1. The van der Waals surface area contributed by atoms with E-state index in [4.69, 9.17) is 5.11 Å². The lowest BCUT2D eigenvalue weighted by atomic mass is 10.1. The molecule has 0 radical (unpaired) electrons. The van der Waals surface area contributed by atoms with Crippen LogP contribution in [-0.4, -0.2) is 15.1 Å². The van der Waals surface area contributed by atoms with Crippen LogP contribution in [0.3, 0.4) is 0 Å². The molecule has 2 aromatic rings. The predicted molar refractivity (Wildman–Crippen MR) is 55.7 cm³/mol. The average molecular weight is 220 g/mol. The molecule has 0 spiro atoms. The normalized spacial score (nSPS) is 10.3. The van der Waals surface area contributed by atoms with Gasteiger partial charge in [-0.1, -0.05) is 18.2 Å². The van der Waals surface area contributed by atoms with Gasteiger partial charge in [-0.3, -0.25) is 4.79 Å². The molecule has 2 N–H and O–H groups in total. The van der Waals surface area contributed by atoms with Gasteiger partial charge in [0, 0.05) is 6.42 Å². The molecule has 0 unspecified atom stereocenters. The lowest BCUT2D eigenvalue weighted by Crippen LogP contribution is -2.10. The number of hydrogen-bond donors (Lipinski definition) is 2. The Hall–Kier alpha value is -2.17. The number of aromatic hydroxyl groups is 1. The summed E-state index contributed by atoms with van der Waals surface area (Å²) < 4.78 is 13.3. The van der Waals surface area contributed by atoms with E-state index in [1.54, 1.807) is 18.2 Å². The van der Waals surface area contributed by atoms with Gasteiger partial charge in [-0.15, -0.1) is 0 Å². The topological polar surface area (TPSA) is 66.0 Å². The summed E-state index contributed by atoms with van der Waals surface area (Å²) in [4.78, 5) is 17.2. The van der Waals surface area contributed by atoms with Crippen molar-refractivity contribution in [3.63, 3.8) is 0 Å². The minimum atomic E-state index is -0.459. The molecule has 0 amide bonds. The number of nitrogens with zero attached hydrogens (tertiary/aromatic N) is 1. The number of aromatic amines is 1. The molecule has 5 heteroatoms. The zero-order valence-electron chi connectivity index (χ0n) is 8.27. The SMILES string of the molecule is O=c1cc(O)nc(Cc2ccccc2F)[nH]1. The average Bonchev–Trinajstić information content (AvgIpc) is 2.20. The third-order valence-electron chi connectivity index (χ3n) is 2.09. The summed E-state index contributed by atoms with van der Waals surface area (Å²) >= 11 is 0. The second-order valence-corrected chi connectivity index (χ2v) is 3.32. The van der Waals surface area contributed by atoms with E-state index in [2.05, 4.69) is 9.97 Å². The maximum Gasteiger partial charge on any atom is 0.254 e. The summed E-state index contributed by atoms with van der Waals surface area (Å²) in [6.07, 6.45) is 0.135. The Morgan fingerprint density at radius 3 is 2.81 bits per heavy atom. The first-order valence-corrected chi connectivity index (χ1v) is 4.68. The minimum absolute atomic E-state index is 0.135. The number of H-pyrrole nitrogens is 1. The number of hydrogen-bond acceptors (Lipinski definition) is 3. The molecular formula is C11H9FN2O2. The number of benzene rings is 1. The molecule has 2 rings (SSSR count). The van der Waals surface area contributed by atoms with Crippen LogP contribution in [0.5, 0.6) is 5.88 Å². The lowest BCUT2D eigenvalue weighted by molar-refractivity contribution is 0.448. The molecule has 0 saturated carbocycles. The van der Waals surface area contributed by atoms with Crippen molar-refractivity contribution in [3.8, 4) is 5.88 Å². The summed E-state index contributed by atoms with van der Waals surface area (Å²) in [7, 11) is 0. The van der Waals surface area contributed by atoms with Gasteiger partial charge < -0.3 is 10.1 Å². The largest absolute Gasteiger partial charge is 0.493 e. The number of nitrogens with one attached hydrogen (secondary N) is 1. The third-order valence-corrected chi connectivity index (χ3v) is 2.09. The van der Waals surface area contributed by atoms with E-state index in [1.807, 2.05) is 0 Å². The van der Waals surface area contributed by atoms with Crippen LogP contribution in [0.1, 0.15) is 11.4 Å². The van der Waals surface area contributed by atoms with Crippen molar-refractivity contribution in [2.75, 3.05) is 0 Å². The summed E-state index contributed by atoms with van der Waals surface area (Å²) in [5.74, 6) is -0.501. The first-order valence-electron chi connectivity index (χ1n) is 4.68. The van der Waals surface area contributed by atoms with E-state index in [9.17, 15) is 9.18 Å². The van der Waals surface area contributed by atoms with Crippen LogP contribution in [0.25, 0.3) is 0 Å². The molecule has 4 nitrogen and oxygen atoms in total. The highest BCUT2D eigenvalue weighted by Gasteiger charge is 2.05. The first-order chi connectivity index (χ1) is 7.65. The summed E-state index contributed by atoms with van der Waals surface area (Å²) in [6, 6.07) is 7.16. The van der Waals surface area contributed by atoms with Crippen LogP contribution in [0.2, 0.25) is 0 Å². The molecule has 0 aliphatic carbocycles. The second-order valence-electron chi connectivity index (χ2n) is 3.32. The molecule has 0 fully saturated rings. The van der Waals surface area contributed by atoms with Gasteiger partial charge in [-0.25, -0.2) is 4.39 Å². The van der Waals surface area contributed by atoms with Crippen LogP contribution < -0.4 is 5.56 Å². The lowest BCUT2D eigenvalue weighted by Gasteiger charge is -2.02. The Kier molecular flexibility index (Phi) is 2.68. The Labute approximate surface area is 90.4 Å². The fourth-order valence-electron chi connectivity index (χ4n) is 1.40. The zero-order chi connectivity index (χ0) is 11.5. The molecule has 0 aliphatic heterocycles. The van der Waals surface area contributed by atoms with Crippen LogP contribution in [-0.2, 0) is 6.42 Å². The third kappa shape index (κ3) is 2.25. The molecular weight excluding hydrogens is 211 g/mol. The standard InChI is InChI=1S/C11H9FN2O2/c12-8-4-2-1-3-7(8)5-9-13-10(15)6-11(16)14-9/h1-4,6H,5H2,(H2,13,14,15,16). The van der Waals surface area contributed by atoms with E-state index in [-0.39, 0.29) is 23.9 Å². The van der Waals surface area contributed by atoms with E-state index in [0.717, 1.165) is 6.07 Å². The molecule has 16 heavy (non-hydrogen) atoms. The fourth-order valence-corrected chi connectivity index (χ4v) is 1.40. The second kappa shape index (κ2) is 4.14. The zero-order valence-corrected chi connectivity index (χ0v) is 8.27. The Bertz CT molecular complexity index is 566. The van der Waals surface area contributed by atoms with Gasteiger partial charge in [0.15, 0.2) is 0 Å². The van der Waals surface area contributed by atoms with E-state index >= 15 is 0 Å². The Balaban J connectivity index is 2.34. The van der Waals surface area contributed by atoms with Crippen molar-refractivity contribution < 1.29 is 9.50 Å². The molecule has 0 saturated heterocycles. The highest BCUT2D eigenvalue weighted by Crippen LogP contribution is 2.10. The number of aromatic nitrogens is 2.